The van der Waals surface area contributed by atoms with Crippen molar-refractivity contribution in [1.82, 2.24) is 4.98 Å². The second kappa shape index (κ2) is 4.75. The van der Waals surface area contributed by atoms with E-state index in [2.05, 4.69) is 4.98 Å². The molecule has 0 saturated carbocycles. The van der Waals surface area contributed by atoms with Crippen molar-refractivity contribution in [3.05, 3.63) is 54.2 Å². The molecule has 2 rings (SSSR count). The molecule has 15 heavy (non-hydrogen) atoms. The van der Waals surface area contributed by atoms with Crippen LogP contribution in [-0.4, -0.2) is 10.1 Å². The van der Waals surface area contributed by atoms with Crippen LogP contribution in [0.5, 0.6) is 0 Å². The molecule has 2 heterocycles. The maximum absolute atomic E-state index is 9.75. The third-order valence-electron chi connectivity index (χ3n) is 2.27. The van der Waals surface area contributed by atoms with Crippen molar-refractivity contribution in [3.63, 3.8) is 0 Å². The van der Waals surface area contributed by atoms with Gasteiger partial charge in [0.1, 0.15) is 11.9 Å². The number of hydrogen-bond donors (Lipinski definition) is 1. The van der Waals surface area contributed by atoms with Crippen molar-refractivity contribution in [2.24, 2.45) is 0 Å². The first kappa shape index (κ1) is 9.93. The zero-order valence-corrected chi connectivity index (χ0v) is 8.34. The van der Waals surface area contributed by atoms with Gasteiger partial charge in [-0.2, -0.15) is 0 Å². The maximum Gasteiger partial charge on any atom is 0.132 e. The summed E-state index contributed by atoms with van der Waals surface area (Å²) in [6, 6.07) is 9.34. The van der Waals surface area contributed by atoms with Gasteiger partial charge in [0.05, 0.1) is 6.26 Å². The first-order valence-electron chi connectivity index (χ1n) is 4.97. The van der Waals surface area contributed by atoms with Crippen LogP contribution in [0.4, 0.5) is 0 Å². The summed E-state index contributed by atoms with van der Waals surface area (Å²) in [6.07, 6.45) is 4.17. The average Bonchev–Trinajstić information content (AvgIpc) is 2.81. The minimum Gasteiger partial charge on any atom is -0.467 e. The van der Waals surface area contributed by atoms with Gasteiger partial charge in [-0.25, -0.2) is 0 Å². The number of aryl methyl sites for hydroxylation is 1. The van der Waals surface area contributed by atoms with E-state index in [0.717, 1.165) is 12.1 Å². The van der Waals surface area contributed by atoms with E-state index in [4.69, 9.17) is 4.42 Å². The van der Waals surface area contributed by atoms with E-state index in [0.29, 0.717) is 12.2 Å². The molecule has 0 aliphatic carbocycles. The predicted molar refractivity (Wildman–Crippen MR) is 56.2 cm³/mol. The lowest BCUT2D eigenvalue weighted by Crippen LogP contribution is -1.99. The highest BCUT2D eigenvalue weighted by Crippen LogP contribution is 2.18. The summed E-state index contributed by atoms with van der Waals surface area (Å²) in [7, 11) is 0. The quantitative estimate of drug-likeness (QED) is 0.829. The van der Waals surface area contributed by atoms with Crippen molar-refractivity contribution in [2.45, 2.75) is 18.9 Å². The smallest absolute Gasteiger partial charge is 0.132 e. The molecule has 0 aromatic carbocycles. The largest absolute Gasteiger partial charge is 0.467 e. The van der Waals surface area contributed by atoms with E-state index in [-0.39, 0.29) is 0 Å². The Labute approximate surface area is 88.4 Å². The molecule has 0 saturated heterocycles. The highest BCUT2D eigenvalue weighted by atomic mass is 16.4. The normalized spacial score (nSPS) is 12.6. The Kier molecular flexibility index (Phi) is 3.15. The SMILES string of the molecule is OC(CCc1ccccn1)c1ccco1. The van der Waals surface area contributed by atoms with E-state index in [1.807, 2.05) is 18.2 Å². The number of aliphatic hydroxyl groups excluding tert-OH is 1. The number of aliphatic hydroxyl groups is 1. The summed E-state index contributed by atoms with van der Waals surface area (Å²) in [5.41, 5.74) is 0.989. The number of rotatable bonds is 4. The van der Waals surface area contributed by atoms with E-state index in [1.165, 1.54) is 0 Å². The molecule has 2 aromatic heterocycles. The Bertz CT molecular complexity index is 383. The van der Waals surface area contributed by atoms with Crippen molar-refractivity contribution < 1.29 is 9.52 Å². The van der Waals surface area contributed by atoms with Gasteiger partial charge < -0.3 is 9.52 Å². The van der Waals surface area contributed by atoms with Crippen LogP contribution in [-0.2, 0) is 6.42 Å². The van der Waals surface area contributed by atoms with Crippen LogP contribution in [0.15, 0.2) is 47.2 Å². The lowest BCUT2D eigenvalue weighted by atomic mass is 10.1. The summed E-state index contributed by atoms with van der Waals surface area (Å²) in [5.74, 6) is 0.617. The van der Waals surface area contributed by atoms with Crippen LogP contribution in [0.2, 0.25) is 0 Å². The molecule has 0 aliphatic heterocycles. The molecule has 0 aliphatic rings. The molecule has 2 aromatic rings. The summed E-state index contributed by atoms with van der Waals surface area (Å²) < 4.78 is 5.11. The molecule has 0 radical (unpaired) electrons. The van der Waals surface area contributed by atoms with Crippen LogP contribution >= 0.6 is 0 Å². The number of furan rings is 1. The molecule has 78 valence electrons. The van der Waals surface area contributed by atoms with E-state index >= 15 is 0 Å². The lowest BCUT2D eigenvalue weighted by molar-refractivity contribution is 0.140. The second-order valence-electron chi connectivity index (χ2n) is 3.39. The van der Waals surface area contributed by atoms with Crippen molar-refractivity contribution >= 4 is 0 Å². The zero-order valence-electron chi connectivity index (χ0n) is 8.34. The number of pyridine rings is 1. The summed E-state index contributed by atoms with van der Waals surface area (Å²) in [6.45, 7) is 0. The topological polar surface area (TPSA) is 46.3 Å². The predicted octanol–water partition coefficient (Wildman–Crippen LogP) is 2.34. The highest BCUT2D eigenvalue weighted by molar-refractivity contribution is 5.06. The van der Waals surface area contributed by atoms with E-state index in [1.54, 1.807) is 24.6 Å². The van der Waals surface area contributed by atoms with Gasteiger partial charge >= 0.3 is 0 Å². The van der Waals surface area contributed by atoms with Crippen LogP contribution in [0.25, 0.3) is 0 Å². The van der Waals surface area contributed by atoms with Crippen LogP contribution in [0.1, 0.15) is 24.0 Å². The van der Waals surface area contributed by atoms with Gasteiger partial charge in [0.15, 0.2) is 0 Å². The fourth-order valence-electron chi connectivity index (χ4n) is 1.45. The maximum atomic E-state index is 9.75. The standard InChI is InChI=1S/C12H13NO2/c14-11(12-5-3-9-15-12)7-6-10-4-1-2-8-13-10/h1-5,8-9,11,14H,6-7H2. The van der Waals surface area contributed by atoms with Gasteiger partial charge in [0, 0.05) is 11.9 Å². The van der Waals surface area contributed by atoms with E-state index < -0.39 is 6.10 Å². The van der Waals surface area contributed by atoms with Gasteiger partial charge in [0.25, 0.3) is 0 Å². The molecular weight excluding hydrogens is 190 g/mol. The summed E-state index contributed by atoms with van der Waals surface area (Å²) >= 11 is 0. The zero-order chi connectivity index (χ0) is 10.5. The second-order valence-corrected chi connectivity index (χ2v) is 3.39. The Morgan fingerprint density at radius 3 is 2.87 bits per heavy atom. The fourth-order valence-corrected chi connectivity index (χ4v) is 1.45. The molecule has 0 amide bonds. The van der Waals surface area contributed by atoms with E-state index in [9.17, 15) is 5.11 Å². The van der Waals surface area contributed by atoms with Crippen molar-refractivity contribution in [3.8, 4) is 0 Å². The number of nitrogens with zero attached hydrogens (tertiary/aromatic N) is 1. The third-order valence-corrected chi connectivity index (χ3v) is 2.27. The van der Waals surface area contributed by atoms with Crippen LogP contribution in [0, 0.1) is 0 Å². The minimum absolute atomic E-state index is 0.540. The molecule has 3 nitrogen and oxygen atoms in total. The van der Waals surface area contributed by atoms with Gasteiger partial charge in [-0.1, -0.05) is 6.07 Å². The number of hydrogen-bond acceptors (Lipinski definition) is 3. The van der Waals surface area contributed by atoms with Gasteiger partial charge in [-0.3, -0.25) is 4.98 Å². The van der Waals surface area contributed by atoms with Gasteiger partial charge in [-0.15, -0.1) is 0 Å². The minimum atomic E-state index is -0.540. The monoisotopic (exact) mass is 203 g/mol. The van der Waals surface area contributed by atoms with Gasteiger partial charge in [0.2, 0.25) is 0 Å². The summed E-state index contributed by atoms with van der Waals surface area (Å²) in [4.78, 5) is 4.19. The molecule has 0 bridgehead atoms. The van der Waals surface area contributed by atoms with Crippen LogP contribution in [0.3, 0.4) is 0 Å². The molecular formula is C12H13NO2. The molecule has 3 heteroatoms. The number of aromatic nitrogens is 1. The lowest BCUT2D eigenvalue weighted by Gasteiger charge is -2.06. The fraction of sp³-hybridized carbons (Fsp3) is 0.250. The first-order chi connectivity index (χ1) is 7.36. The molecule has 0 spiro atoms. The first-order valence-corrected chi connectivity index (χ1v) is 4.97. The molecule has 1 N–H and O–H groups in total. The van der Waals surface area contributed by atoms with Crippen LogP contribution < -0.4 is 0 Å². The Morgan fingerprint density at radius 2 is 2.20 bits per heavy atom. The molecule has 1 atom stereocenters. The van der Waals surface area contributed by atoms with Crippen molar-refractivity contribution in [2.75, 3.05) is 0 Å². The Balaban J connectivity index is 1.89. The average molecular weight is 203 g/mol. The molecule has 1 unspecified atom stereocenters. The molecule has 0 fully saturated rings. The third kappa shape index (κ3) is 2.67. The Hall–Kier alpha value is -1.61. The van der Waals surface area contributed by atoms with Gasteiger partial charge in [-0.05, 0) is 37.1 Å². The van der Waals surface area contributed by atoms with Crippen molar-refractivity contribution in [1.29, 1.82) is 0 Å². The highest BCUT2D eigenvalue weighted by Gasteiger charge is 2.10. The summed E-state index contributed by atoms with van der Waals surface area (Å²) in [5, 5.41) is 9.75. The Morgan fingerprint density at radius 1 is 1.27 bits per heavy atom.